The SMILES string of the molecule is Cc1nc2ccc(Oc3ccc4ncc(-c5cnn(CC6CC7CC6CN7C)c5)nc4c3Cl)cc2[nH]1. The molecule has 2 fully saturated rings. The molecule has 1 saturated carbocycles. The number of H-pyrrole nitrogens is 1. The molecular weight excluding hydrogens is 474 g/mol. The number of piperidine rings is 1. The van der Waals surface area contributed by atoms with E-state index in [2.05, 4.69) is 42.9 Å². The van der Waals surface area contributed by atoms with Crippen LogP contribution < -0.4 is 4.74 Å². The Balaban J connectivity index is 1.15. The van der Waals surface area contributed by atoms with E-state index in [4.69, 9.17) is 21.3 Å². The Hall–Kier alpha value is -3.49. The smallest absolute Gasteiger partial charge is 0.148 e. The van der Waals surface area contributed by atoms with Crippen LogP contribution in [0.3, 0.4) is 0 Å². The average molecular weight is 500 g/mol. The number of fused-ring (bicyclic) bond motifs is 4. The topological polar surface area (TPSA) is 84.8 Å². The van der Waals surface area contributed by atoms with E-state index in [1.165, 1.54) is 19.4 Å². The van der Waals surface area contributed by atoms with Crippen LogP contribution in [-0.4, -0.2) is 54.3 Å². The molecule has 0 radical (unpaired) electrons. The van der Waals surface area contributed by atoms with Crippen LogP contribution in [0.5, 0.6) is 11.5 Å². The predicted molar refractivity (Wildman–Crippen MR) is 139 cm³/mol. The van der Waals surface area contributed by atoms with Crippen molar-refractivity contribution in [3.63, 3.8) is 0 Å². The molecule has 1 aliphatic carbocycles. The number of benzene rings is 2. The van der Waals surface area contributed by atoms with Crippen molar-refractivity contribution in [3.8, 4) is 22.8 Å². The van der Waals surface area contributed by atoms with E-state index >= 15 is 0 Å². The number of aromatic amines is 1. The molecule has 5 aromatic rings. The quantitative estimate of drug-likeness (QED) is 0.345. The summed E-state index contributed by atoms with van der Waals surface area (Å²) in [5.74, 6) is 3.54. The van der Waals surface area contributed by atoms with Crippen LogP contribution in [0.4, 0.5) is 0 Å². The highest BCUT2D eigenvalue weighted by atomic mass is 35.5. The number of rotatable bonds is 5. The van der Waals surface area contributed by atoms with Crippen LogP contribution in [0, 0.1) is 18.8 Å². The van der Waals surface area contributed by atoms with Crippen LogP contribution >= 0.6 is 11.6 Å². The molecule has 2 aromatic carbocycles. The number of aryl methyl sites for hydroxylation is 1. The molecule has 8 nitrogen and oxygen atoms in total. The van der Waals surface area contributed by atoms with E-state index in [1.807, 2.05) is 43.5 Å². The molecule has 3 aromatic heterocycles. The first-order chi connectivity index (χ1) is 17.5. The van der Waals surface area contributed by atoms with E-state index in [0.717, 1.165) is 46.6 Å². The second-order valence-corrected chi connectivity index (χ2v) is 10.5. The van der Waals surface area contributed by atoms with Gasteiger partial charge in [0.05, 0.1) is 34.6 Å². The van der Waals surface area contributed by atoms with Crippen molar-refractivity contribution >= 4 is 33.7 Å². The van der Waals surface area contributed by atoms with Crippen molar-refractivity contribution in [1.82, 2.24) is 34.6 Å². The number of aromatic nitrogens is 6. The van der Waals surface area contributed by atoms with Gasteiger partial charge in [0.2, 0.25) is 0 Å². The second-order valence-electron chi connectivity index (χ2n) is 10.1. The van der Waals surface area contributed by atoms with Gasteiger partial charge in [-0.3, -0.25) is 9.67 Å². The fourth-order valence-electron chi connectivity index (χ4n) is 5.89. The Morgan fingerprint density at radius 1 is 1.11 bits per heavy atom. The molecule has 182 valence electrons. The highest BCUT2D eigenvalue weighted by Gasteiger charge is 2.42. The molecule has 1 aliphatic heterocycles. The van der Waals surface area contributed by atoms with Crippen molar-refractivity contribution in [3.05, 3.63) is 59.8 Å². The van der Waals surface area contributed by atoms with Crippen LogP contribution in [0.25, 0.3) is 33.3 Å². The minimum atomic E-state index is 0.432. The fourth-order valence-corrected chi connectivity index (χ4v) is 6.13. The maximum Gasteiger partial charge on any atom is 0.148 e. The number of likely N-dealkylation sites (tertiary alicyclic amines) is 1. The lowest BCUT2D eigenvalue weighted by molar-refractivity contribution is 0.192. The zero-order chi connectivity index (χ0) is 24.4. The maximum atomic E-state index is 6.77. The Morgan fingerprint density at radius 2 is 2.00 bits per heavy atom. The molecule has 9 heteroatoms. The second kappa shape index (κ2) is 8.28. The largest absolute Gasteiger partial charge is 0.456 e. The molecule has 0 amide bonds. The van der Waals surface area contributed by atoms with Gasteiger partial charge in [-0.15, -0.1) is 0 Å². The van der Waals surface area contributed by atoms with Gasteiger partial charge in [-0.1, -0.05) is 11.6 Å². The number of imidazole rings is 1. The first kappa shape index (κ1) is 21.8. The summed E-state index contributed by atoms with van der Waals surface area (Å²) in [6.45, 7) is 4.09. The normalized spacial score (nSPS) is 21.7. The van der Waals surface area contributed by atoms with Crippen LogP contribution in [0.15, 0.2) is 48.9 Å². The lowest BCUT2D eigenvalue weighted by Crippen LogP contribution is -2.33. The van der Waals surface area contributed by atoms with Gasteiger partial charge in [0.1, 0.15) is 27.9 Å². The molecule has 2 aliphatic rings. The molecule has 36 heavy (non-hydrogen) atoms. The molecule has 1 saturated heterocycles. The lowest BCUT2D eigenvalue weighted by Gasteiger charge is -2.28. The van der Waals surface area contributed by atoms with Crippen molar-refractivity contribution in [2.75, 3.05) is 13.6 Å². The Labute approximate surface area is 213 Å². The number of ether oxygens (including phenoxy) is 1. The van der Waals surface area contributed by atoms with Crippen LogP contribution in [-0.2, 0) is 6.54 Å². The minimum Gasteiger partial charge on any atom is -0.456 e. The molecule has 2 bridgehead atoms. The summed E-state index contributed by atoms with van der Waals surface area (Å²) in [4.78, 5) is 19.6. The number of hydrogen-bond donors (Lipinski definition) is 1. The summed E-state index contributed by atoms with van der Waals surface area (Å²) >= 11 is 6.77. The zero-order valence-electron chi connectivity index (χ0n) is 20.1. The molecular formula is C27H26ClN7O. The lowest BCUT2D eigenvalue weighted by atomic mass is 9.95. The van der Waals surface area contributed by atoms with E-state index in [-0.39, 0.29) is 0 Å². The van der Waals surface area contributed by atoms with Gasteiger partial charge in [-0.2, -0.15) is 5.10 Å². The predicted octanol–water partition coefficient (Wildman–Crippen LogP) is 5.46. The number of nitrogens with one attached hydrogen (secondary N) is 1. The van der Waals surface area contributed by atoms with Crippen molar-refractivity contribution in [2.24, 2.45) is 11.8 Å². The number of hydrogen-bond acceptors (Lipinski definition) is 6. The van der Waals surface area contributed by atoms with Crippen molar-refractivity contribution < 1.29 is 4.74 Å². The highest BCUT2D eigenvalue weighted by Crippen LogP contribution is 2.42. The Morgan fingerprint density at radius 3 is 2.83 bits per heavy atom. The van der Waals surface area contributed by atoms with Gasteiger partial charge in [-0.05, 0) is 62.9 Å². The van der Waals surface area contributed by atoms with Crippen molar-refractivity contribution in [1.29, 1.82) is 0 Å². The minimum absolute atomic E-state index is 0.432. The zero-order valence-corrected chi connectivity index (χ0v) is 20.9. The fraction of sp³-hybridized carbons (Fsp3) is 0.333. The third kappa shape index (κ3) is 3.72. The first-order valence-corrected chi connectivity index (χ1v) is 12.7. The summed E-state index contributed by atoms with van der Waals surface area (Å²) in [7, 11) is 2.24. The summed E-state index contributed by atoms with van der Waals surface area (Å²) < 4.78 is 8.18. The molecule has 3 unspecified atom stereocenters. The van der Waals surface area contributed by atoms with E-state index in [0.29, 0.717) is 33.5 Å². The van der Waals surface area contributed by atoms with Crippen LogP contribution in [0.2, 0.25) is 5.02 Å². The molecule has 0 spiro atoms. The van der Waals surface area contributed by atoms with Gasteiger partial charge in [0.15, 0.2) is 0 Å². The summed E-state index contributed by atoms with van der Waals surface area (Å²) in [5.41, 5.74) is 4.82. The van der Waals surface area contributed by atoms with Gasteiger partial charge < -0.3 is 14.6 Å². The molecule has 4 heterocycles. The highest BCUT2D eigenvalue weighted by molar-refractivity contribution is 6.36. The molecule has 3 atom stereocenters. The third-order valence-corrected chi connectivity index (χ3v) is 8.10. The standard InChI is InChI=1S/C27H26ClN7O/c1-15-31-21-4-3-20(9-23(21)32-15)36-25-6-5-22-27(26(25)28)33-24(11-29-22)18-10-30-35(14-18)13-17-8-19-7-16(17)12-34(19)2/h3-6,9-11,14,16-17,19H,7-8,12-13H2,1-2H3,(H,31,32). The van der Waals surface area contributed by atoms with E-state index in [9.17, 15) is 0 Å². The Bertz CT molecular complexity index is 1610. The Kier molecular flexibility index (Phi) is 5.01. The van der Waals surface area contributed by atoms with Gasteiger partial charge in [0.25, 0.3) is 0 Å². The van der Waals surface area contributed by atoms with Crippen molar-refractivity contribution in [2.45, 2.75) is 32.4 Å². The van der Waals surface area contributed by atoms with E-state index < -0.39 is 0 Å². The van der Waals surface area contributed by atoms with Gasteiger partial charge >= 0.3 is 0 Å². The average Bonchev–Trinajstić information content (AvgIpc) is 3.65. The summed E-state index contributed by atoms with van der Waals surface area (Å²) in [5, 5.41) is 5.06. The summed E-state index contributed by atoms with van der Waals surface area (Å²) in [6, 6.07) is 10.2. The third-order valence-electron chi connectivity index (χ3n) is 7.73. The number of halogens is 1. The first-order valence-electron chi connectivity index (χ1n) is 12.3. The maximum absolute atomic E-state index is 6.77. The monoisotopic (exact) mass is 499 g/mol. The van der Waals surface area contributed by atoms with Crippen LogP contribution in [0.1, 0.15) is 18.7 Å². The summed E-state index contributed by atoms with van der Waals surface area (Å²) in [6.07, 6.45) is 8.30. The molecule has 1 N–H and O–H groups in total. The van der Waals surface area contributed by atoms with Gasteiger partial charge in [-0.25, -0.2) is 9.97 Å². The number of nitrogens with zero attached hydrogens (tertiary/aromatic N) is 6. The van der Waals surface area contributed by atoms with Gasteiger partial charge in [0, 0.05) is 37.0 Å². The van der Waals surface area contributed by atoms with E-state index in [1.54, 1.807) is 6.20 Å². The molecule has 7 rings (SSSR count).